The molecule has 1 atom stereocenters. The second-order valence-corrected chi connectivity index (χ2v) is 7.60. The molecule has 0 radical (unpaired) electrons. The number of hydrogen-bond donors (Lipinski definition) is 2. The van der Waals surface area contributed by atoms with Gasteiger partial charge in [-0.15, -0.1) is 0 Å². The van der Waals surface area contributed by atoms with Crippen LogP contribution < -0.4 is 15.6 Å². The van der Waals surface area contributed by atoms with Gasteiger partial charge in [-0.25, -0.2) is 0 Å². The molecule has 1 aliphatic heterocycles. The molecule has 2 aromatic rings. The molecule has 0 aliphatic carbocycles. The molecule has 8 nitrogen and oxygen atoms in total. The average Bonchev–Trinajstić information content (AvgIpc) is 3.35. The molecule has 29 heavy (non-hydrogen) atoms. The maximum atomic E-state index is 12.5. The van der Waals surface area contributed by atoms with Crippen LogP contribution in [-0.4, -0.2) is 35.8 Å². The van der Waals surface area contributed by atoms with Crippen molar-refractivity contribution in [3.8, 4) is 5.75 Å². The SMILES string of the molecule is CCCOc1ccc(Br)cc1C(=O)NNC(=O)C1CC(=O)N(Cc2ccco2)C1. The fourth-order valence-corrected chi connectivity index (χ4v) is 3.36. The number of benzene rings is 1. The summed E-state index contributed by atoms with van der Waals surface area (Å²) in [7, 11) is 0. The third kappa shape index (κ3) is 5.38. The second kappa shape index (κ2) is 9.60. The fourth-order valence-electron chi connectivity index (χ4n) is 3.00. The number of rotatable bonds is 7. The molecule has 2 heterocycles. The van der Waals surface area contributed by atoms with Crippen molar-refractivity contribution >= 4 is 33.7 Å². The smallest absolute Gasteiger partial charge is 0.273 e. The summed E-state index contributed by atoms with van der Waals surface area (Å²) in [6.07, 6.45) is 2.43. The molecule has 3 amide bonds. The van der Waals surface area contributed by atoms with Crippen LogP contribution >= 0.6 is 15.9 Å². The molecule has 0 spiro atoms. The minimum atomic E-state index is -0.545. The van der Waals surface area contributed by atoms with Gasteiger partial charge >= 0.3 is 0 Å². The number of likely N-dealkylation sites (tertiary alicyclic amines) is 1. The molecular formula is C20H22BrN3O5. The number of nitrogens with zero attached hydrogens (tertiary/aromatic N) is 1. The number of ether oxygens (including phenoxy) is 1. The number of nitrogens with one attached hydrogen (secondary N) is 2. The molecule has 1 aromatic heterocycles. The van der Waals surface area contributed by atoms with Gasteiger partial charge in [0.2, 0.25) is 11.8 Å². The van der Waals surface area contributed by atoms with Crippen molar-refractivity contribution in [1.82, 2.24) is 15.8 Å². The minimum absolute atomic E-state index is 0.0875. The summed E-state index contributed by atoms with van der Waals surface area (Å²) in [5.74, 6) is -0.502. The lowest BCUT2D eigenvalue weighted by Gasteiger charge is -2.16. The number of hydrazine groups is 1. The van der Waals surface area contributed by atoms with E-state index in [-0.39, 0.29) is 18.9 Å². The van der Waals surface area contributed by atoms with Gasteiger partial charge in [0.15, 0.2) is 0 Å². The molecule has 1 saturated heterocycles. The van der Waals surface area contributed by atoms with Crippen molar-refractivity contribution in [2.24, 2.45) is 5.92 Å². The third-order valence-corrected chi connectivity index (χ3v) is 4.95. The largest absolute Gasteiger partial charge is 0.493 e. The van der Waals surface area contributed by atoms with Crippen LogP contribution in [0.2, 0.25) is 0 Å². The summed E-state index contributed by atoms with van der Waals surface area (Å²) in [4.78, 5) is 38.7. The van der Waals surface area contributed by atoms with Crippen LogP contribution in [0.3, 0.4) is 0 Å². The Morgan fingerprint density at radius 3 is 2.86 bits per heavy atom. The normalized spacial score (nSPS) is 16.0. The van der Waals surface area contributed by atoms with E-state index in [4.69, 9.17) is 9.15 Å². The Kier molecular flexibility index (Phi) is 6.92. The molecule has 1 aromatic carbocycles. The Balaban J connectivity index is 1.56. The van der Waals surface area contributed by atoms with E-state index < -0.39 is 17.7 Å². The highest BCUT2D eigenvalue weighted by Gasteiger charge is 2.34. The van der Waals surface area contributed by atoms with E-state index in [0.29, 0.717) is 34.7 Å². The number of furan rings is 1. The van der Waals surface area contributed by atoms with Gasteiger partial charge < -0.3 is 14.1 Å². The molecule has 2 N–H and O–H groups in total. The molecule has 0 saturated carbocycles. The summed E-state index contributed by atoms with van der Waals surface area (Å²) >= 11 is 3.33. The van der Waals surface area contributed by atoms with E-state index in [1.165, 1.54) is 6.26 Å². The summed E-state index contributed by atoms with van der Waals surface area (Å²) < 4.78 is 11.6. The van der Waals surface area contributed by atoms with Crippen molar-refractivity contribution in [3.63, 3.8) is 0 Å². The van der Waals surface area contributed by atoms with Crippen molar-refractivity contribution in [1.29, 1.82) is 0 Å². The van der Waals surface area contributed by atoms with Gasteiger partial charge in [0.05, 0.1) is 30.9 Å². The standard InChI is InChI=1S/C20H22BrN3O5/c1-2-7-29-17-6-5-14(21)10-16(17)20(27)23-22-19(26)13-9-18(25)24(11-13)12-15-4-3-8-28-15/h3-6,8,10,13H,2,7,9,11-12H2,1H3,(H,22,26)(H,23,27). The Bertz CT molecular complexity index is 884. The first kappa shape index (κ1) is 20.9. The lowest BCUT2D eigenvalue weighted by atomic mass is 10.1. The molecule has 9 heteroatoms. The first-order chi connectivity index (χ1) is 14.0. The van der Waals surface area contributed by atoms with Crippen LogP contribution in [0, 0.1) is 5.92 Å². The summed E-state index contributed by atoms with van der Waals surface area (Å²) in [6.45, 7) is 3.03. The lowest BCUT2D eigenvalue weighted by Crippen LogP contribution is -2.45. The van der Waals surface area contributed by atoms with Crippen LogP contribution in [0.1, 0.15) is 35.9 Å². The van der Waals surface area contributed by atoms with E-state index in [1.807, 2.05) is 6.92 Å². The molecule has 1 fully saturated rings. The van der Waals surface area contributed by atoms with Crippen LogP contribution in [0.25, 0.3) is 0 Å². The second-order valence-electron chi connectivity index (χ2n) is 6.69. The van der Waals surface area contributed by atoms with Gasteiger partial charge in [-0.1, -0.05) is 22.9 Å². The highest BCUT2D eigenvalue weighted by Crippen LogP contribution is 2.24. The first-order valence-electron chi connectivity index (χ1n) is 9.30. The number of hydrogen-bond acceptors (Lipinski definition) is 5. The van der Waals surface area contributed by atoms with Gasteiger partial charge in [-0.2, -0.15) is 0 Å². The average molecular weight is 464 g/mol. The summed E-state index contributed by atoms with van der Waals surface area (Å²) in [5.41, 5.74) is 5.12. The Labute approximate surface area is 176 Å². The number of carbonyl (C=O) groups is 3. The van der Waals surface area contributed by atoms with Crippen LogP contribution in [-0.2, 0) is 16.1 Å². The molecule has 1 unspecified atom stereocenters. The third-order valence-electron chi connectivity index (χ3n) is 4.46. The number of halogens is 1. The van der Waals surface area contributed by atoms with Crippen molar-refractivity contribution in [3.05, 3.63) is 52.4 Å². The zero-order valence-corrected chi connectivity index (χ0v) is 17.5. The van der Waals surface area contributed by atoms with Crippen LogP contribution in [0.4, 0.5) is 0 Å². The van der Waals surface area contributed by atoms with Crippen molar-refractivity contribution in [2.75, 3.05) is 13.2 Å². The van der Waals surface area contributed by atoms with E-state index >= 15 is 0 Å². The zero-order chi connectivity index (χ0) is 20.8. The topological polar surface area (TPSA) is 101 Å². The predicted octanol–water partition coefficient (Wildman–Crippen LogP) is 2.64. The van der Waals surface area contributed by atoms with E-state index in [9.17, 15) is 14.4 Å². The van der Waals surface area contributed by atoms with Gasteiger partial charge in [-0.3, -0.25) is 25.2 Å². The van der Waals surface area contributed by atoms with Gasteiger partial charge in [-0.05, 0) is 36.8 Å². The molecule has 0 bridgehead atoms. The fraction of sp³-hybridized carbons (Fsp3) is 0.350. The highest BCUT2D eigenvalue weighted by atomic mass is 79.9. The van der Waals surface area contributed by atoms with Gasteiger partial charge in [0.25, 0.3) is 5.91 Å². The number of carbonyl (C=O) groups excluding carboxylic acids is 3. The Hall–Kier alpha value is -2.81. The van der Waals surface area contributed by atoms with Gasteiger partial charge in [0.1, 0.15) is 11.5 Å². The minimum Gasteiger partial charge on any atom is -0.493 e. The maximum absolute atomic E-state index is 12.5. The highest BCUT2D eigenvalue weighted by molar-refractivity contribution is 9.10. The van der Waals surface area contributed by atoms with Gasteiger partial charge in [0, 0.05) is 17.4 Å². The monoisotopic (exact) mass is 463 g/mol. The summed E-state index contributed by atoms with van der Waals surface area (Å²) in [6, 6.07) is 8.61. The maximum Gasteiger partial charge on any atom is 0.273 e. The van der Waals surface area contributed by atoms with Crippen LogP contribution in [0.5, 0.6) is 5.75 Å². The van der Waals surface area contributed by atoms with E-state index in [2.05, 4.69) is 26.8 Å². The molecule has 3 rings (SSSR count). The zero-order valence-electron chi connectivity index (χ0n) is 15.9. The van der Waals surface area contributed by atoms with E-state index in [0.717, 1.165) is 6.42 Å². The molecular weight excluding hydrogens is 442 g/mol. The van der Waals surface area contributed by atoms with Crippen molar-refractivity contribution in [2.45, 2.75) is 26.3 Å². The van der Waals surface area contributed by atoms with E-state index in [1.54, 1.807) is 35.2 Å². The lowest BCUT2D eigenvalue weighted by molar-refractivity contribution is -0.129. The number of amides is 3. The molecule has 1 aliphatic rings. The Morgan fingerprint density at radius 1 is 1.31 bits per heavy atom. The summed E-state index contributed by atoms with van der Waals surface area (Å²) in [5, 5.41) is 0. The molecule has 154 valence electrons. The quantitative estimate of drug-likeness (QED) is 0.614. The first-order valence-corrected chi connectivity index (χ1v) is 10.1. The van der Waals surface area contributed by atoms with Crippen molar-refractivity contribution < 1.29 is 23.5 Å². The Morgan fingerprint density at radius 2 is 2.14 bits per heavy atom. The predicted molar refractivity (Wildman–Crippen MR) is 108 cm³/mol. The van der Waals surface area contributed by atoms with Crippen LogP contribution in [0.15, 0.2) is 45.5 Å².